The van der Waals surface area contributed by atoms with Crippen LogP contribution in [0.5, 0.6) is 0 Å². The van der Waals surface area contributed by atoms with E-state index in [1.165, 1.54) is 51.4 Å². The molecule has 5 nitrogen and oxygen atoms in total. The molecule has 0 aliphatic rings. The predicted molar refractivity (Wildman–Crippen MR) is 251 cm³/mol. The first-order valence-corrected chi connectivity index (χ1v) is 23.1. The number of ether oxygens (including phenoxy) is 2. The van der Waals surface area contributed by atoms with Gasteiger partial charge in [-0.25, -0.2) is 0 Å². The van der Waals surface area contributed by atoms with Gasteiger partial charge in [-0.05, 0) is 103 Å². The number of aliphatic hydroxyl groups excluding tert-OH is 1. The molecule has 0 aromatic rings. The number of allylic oxidation sites excluding steroid dienone is 20. The van der Waals surface area contributed by atoms with Gasteiger partial charge in [-0.1, -0.05) is 187 Å². The number of hydrogen-bond acceptors (Lipinski definition) is 5. The minimum Gasteiger partial charge on any atom is -0.462 e. The first-order chi connectivity index (χ1) is 28.6. The standard InChI is InChI=1S/C53H84O5/c1-3-5-7-9-11-13-15-17-19-21-23-25-26-28-29-31-33-35-37-39-41-43-45-47-52(55)57-50-51(49-54)58-53(56)48-46-44-42-40-38-36-34-32-30-27-24-22-20-18-16-14-12-10-8-6-4-2/h5-8,11-14,17-20,23-25,27,32,34,38,40,51,54H,3-4,9-10,15-16,21-22,26,28-31,33,35-37,39,41-50H2,1-2H3/b7-5-,8-6-,13-11-,14-12-,19-17-,20-18-,25-23-,27-24-,34-32-,40-38-. The van der Waals surface area contributed by atoms with E-state index in [0.717, 1.165) is 103 Å². The summed E-state index contributed by atoms with van der Waals surface area (Å²) in [5.41, 5.74) is 0. The Morgan fingerprint density at radius 2 is 0.690 bits per heavy atom. The highest BCUT2D eigenvalue weighted by Crippen LogP contribution is 2.13. The molecule has 0 aliphatic carbocycles. The second-order valence-corrected chi connectivity index (χ2v) is 14.7. The van der Waals surface area contributed by atoms with Gasteiger partial charge in [-0.2, -0.15) is 0 Å². The highest BCUT2D eigenvalue weighted by Gasteiger charge is 2.16. The molecule has 0 rings (SSSR count). The van der Waals surface area contributed by atoms with Crippen LogP contribution in [-0.4, -0.2) is 36.4 Å². The molecular formula is C53H84O5. The fraction of sp³-hybridized carbons (Fsp3) is 0.585. The zero-order valence-electron chi connectivity index (χ0n) is 37.0. The van der Waals surface area contributed by atoms with E-state index in [4.69, 9.17) is 9.47 Å². The summed E-state index contributed by atoms with van der Waals surface area (Å²) in [6, 6.07) is 0. The van der Waals surface area contributed by atoms with Crippen molar-refractivity contribution >= 4 is 11.9 Å². The maximum Gasteiger partial charge on any atom is 0.306 e. The SMILES string of the molecule is CC/C=C\C/C=C\C/C=C\C/C=C\C/C=C\C/C=C\CCCCC(=O)OC(CO)COC(=O)CCCCCCCCCCCC/C=C\C/C=C\C/C=C\C/C=C\CC. The van der Waals surface area contributed by atoms with Gasteiger partial charge in [0.15, 0.2) is 6.10 Å². The maximum absolute atomic E-state index is 12.2. The van der Waals surface area contributed by atoms with Crippen LogP contribution in [0.1, 0.15) is 181 Å². The molecule has 0 aromatic carbocycles. The van der Waals surface area contributed by atoms with Gasteiger partial charge in [-0.15, -0.1) is 0 Å². The van der Waals surface area contributed by atoms with Crippen LogP contribution in [0.15, 0.2) is 122 Å². The van der Waals surface area contributed by atoms with Crippen molar-refractivity contribution in [3.63, 3.8) is 0 Å². The molecule has 0 saturated carbocycles. The third kappa shape index (κ3) is 45.0. The molecule has 1 atom stereocenters. The van der Waals surface area contributed by atoms with Crippen LogP contribution >= 0.6 is 0 Å². The second-order valence-electron chi connectivity index (χ2n) is 14.7. The van der Waals surface area contributed by atoms with E-state index in [0.29, 0.717) is 12.8 Å². The maximum atomic E-state index is 12.2. The molecule has 326 valence electrons. The van der Waals surface area contributed by atoms with Gasteiger partial charge in [0, 0.05) is 12.8 Å². The van der Waals surface area contributed by atoms with E-state index in [1.807, 2.05) is 0 Å². The molecule has 0 saturated heterocycles. The van der Waals surface area contributed by atoms with Gasteiger partial charge in [-0.3, -0.25) is 9.59 Å². The van der Waals surface area contributed by atoms with Gasteiger partial charge < -0.3 is 14.6 Å². The zero-order valence-corrected chi connectivity index (χ0v) is 37.0. The van der Waals surface area contributed by atoms with Gasteiger partial charge >= 0.3 is 11.9 Å². The average molecular weight is 801 g/mol. The second kappa shape index (κ2) is 47.7. The van der Waals surface area contributed by atoms with Crippen molar-refractivity contribution in [2.24, 2.45) is 0 Å². The number of aliphatic hydroxyl groups is 1. The Kier molecular flexibility index (Phi) is 44.6. The van der Waals surface area contributed by atoms with Crippen LogP contribution in [0.4, 0.5) is 0 Å². The van der Waals surface area contributed by atoms with Crippen LogP contribution < -0.4 is 0 Å². The van der Waals surface area contributed by atoms with E-state index in [-0.39, 0.29) is 25.2 Å². The lowest BCUT2D eigenvalue weighted by Gasteiger charge is -2.15. The van der Waals surface area contributed by atoms with Crippen LogP contribution in [-0.2, 0) is 19.1 Å². The molecular weight excluding hydrogens is 717 g/mol. The Morgan fingerprint density at radius 1 is 0.397 bits per heavy atom. The monoisotopic (exact) mass is 801 g/mol. The van der Waals surface area contributed by atoms with E-state index >= 15 is 0 Å². The van der Waals surface area contributed by atoms with Gasteiger partial charge in [0.25, 0.3) is 0 Å². The van der Waals surface area contributed by atoms with Crippen LogP contribution in [0.3, 0.4) is 0 Å². The number of unbranched alkanes of at least 4 members (excludes halogenated alkanes) is 12. The minimum atomic E-state index is -0.806. The summed E-state index contributed by atoms with van der Waals surface area (Å²) in [4.78, 5) is 24.4. The fourth-order valence-corrected chi connectivity index (χ4v) is 5.84. The summed E-state index contributed by atoms with van der Waals surface area (Å²) < 4.78 is 10.6. The van der Waals surface area contributed by atoms with Gasteiger partial charge in [0.2, 0.25) is 0 Å². The zero-order chi connectivity index (χ0) is 42.1. The molecule has 5 heteroatoms. The summed E-state index contributed by atoms with van der Waals surface area (Å²) >= 11 is 0. The summed E-state index contributed by atoms with van der Waals surface area (Å²) in [5.74, 6) is -0.657. The van der Waals surface area contributed by atoms with Crippen molar-refractivity contribution in [1.29, 1.82) is 0 Å². The Labute approximate surface area is 356 Å². The third-order valence-corrected chi connectivity index (χ3v) is 9.25. The molecule has 0 radical (unpaired) electrons. The van der Waals surface area contributed by atoms with E-state index in [9.17, 15) is 14.7 Å². The van der Waals surface area contributed by atoms with Crippen molar-refractivity contribution < 1.29 is 24.2 Å². The summed E-state index contributed by atoms with van der Waals surface area (Å²) in [6.45, 7) is 3.86. The molecule has 0 fully saturated rings. The first-order valence-electron chi connectivity index (χ1n) is 23.1. The Balaban J connectivity index is 3.66. The van der Waals surface area contributed by atoms with Gasteiger partial charge in [0.05, 0.1) is 6.61 Å². The third-order valence-electron chi connectivity index (χ3n) is 9.25. The number of hydrogen-bond donors (Lipinski definition) is 1. The van der Waals surface area contributed by atoms with Gasteiger partial charge in [0.1, 0.15) is 6.61 Å². The van der Waals surface area contributed by atoms with E-state index in [2.05, 4.69) is 135 Å². The van der Waals surface area contributed by atoms with Crippen molar-refractivity contribution in [3.05, 3.63) is 122 Å². The highest BCUT2D eigenvalue weighted by molar-refractivity contribution is 5.70. The summed E-state index contributed by atoms with van der Waals surface area (Å²) in [5, 5.41) is 9.60. The molecule has 0 aromatic heterocycles. The predicted octanol–water partition coefficient (Wildman–Crippen LogP) is 15.2. The number of rotatable bonds is 40. The summed E-state index contributed by atoms with van der Waals surface area (Å²) in [7, 11) is 0. The molecule has 1 N–H and O–H groups in total. The molecule has 0 aliphatic heterocycles. The molecule has 0 amide bonds. The summed E-state index contributed by atoms with van der Waals surface area (Å²) in [6.07, 6.45) is 69.9. The smallest absolute Gasteiger partial charge is 0.306 e. The highest BCUT2D eigenvalue weighted by atomic mass is 16.6. The molecule has 0 spiro atoms. The lowest BCUT2D eigenvalue weighted by atomic mass is 10.1. The van der Waals surface area contributed by atoms with E-state index < -0.39 is 6.10 Å². The molecule has 1 unspecified atom stereocenters. The lowest BCUT2D eigenvalue weighted by molar-refractivity contribution is -0.161. The van der Waals surface area contributed by atoms with Crippen molar-refractivity contribution in [1.82, 2.24) is 0 Å². The lowest BCUT2D eigenvalue weighted by Crippen LogP contribution is -2.28. The van der Waals surface area contributed by atoms with E-state index in [1.54, 1.807) is 0 Å². The largest absolute Gasteiger partial charge is 0.462 e. The van der Waals surface area contributed by atoms with Crippen molar-refractivity contribution in [2.75, 3.05) is 13.2 Å². The van der Waals surface area contributed by atoms with Crippen molar-refractivity contribution in [2.45, 2.75) is 187 Å². The minimum absolute atomic E-state index is 0.0942. The van der Waals surface area contributed by atoms with Crippen LogP contribution in [0, 0.1) is 0 Å². The Hall–Kier alpha value is -3.70. The van der Waals surface area contributed by atoms with Crippen molar-refractivity contribution in [3.8, 4) is 0 Å². The number of esters is 2. The Morgan fingerprint density at radius 3 is 1.07 bits per heavy atom. The fourth-order valence-electron chi connectivity index (χ4n) is 5.84. The first kappa shape index (κ1) is 54.3. The van der Waals surface area contributed by atoms with Crippen LogP contribution in [0.25, 0.3) is 0 Å². The normalized spacial score (nSPS) is 13.4. The Bertz CT molecular complexity index is 1220. The molecule has 58 heavy (non-hydrogen) atoms. The number of carbonyl (C=O) groups excluding carboxylic acids is 2. The average Bonchev–Trinajstić information content (AvgIpc) is 3.23. The van der Waals surface area contributed by atoms with Crippen LogP contribution in [0.2, 0.25) is 0 Å². The topological polar surface area (TPSA) is 72.8 Å². The quantitative estimate of drug-likeness (QED) is 0.0380. The number of carbonyl (C=O) groups is 2. The molecule has 0 heterocycles. The molecule has 0 bridgehead atoms.